The molecule has 9 nitrogen and oxygen atoms in total. The molecule has 4 N–H and O–H groups in total. The van der Waals surface area contributed by atoms with Crippen LogP contribution in [0.4, 0.5) is 39.5 Å². The van der Waals surface area contributed by atoms with Gasteiger partial charge in [-0.15, -0.1) is 0 Å². The summed E-state index contributed by atoms with van der Waals surface area (Å²) >= 11 is 1.81. The molecule has 5 rings (SSSR count). The van der Waals surface area contributed by atoms with Crippen LogP contribution in [0.1, 0.15) is 16.8 Å². The van der Waals surface area contributed by atoms with Crippen molar-refractivity contribution < 1.29 is 27.1 Å². The molecule has 0 bridgehead atoms. The van der Waals surface area contributed by atoms with Crippen LogP contribution >= 0.6 is 22.6 Å². The number of nitrogens with two attached hydrogens (primary N) is 1. The molecule has 0 spiro atoms. The molecule has 0 atom stereocenters. The second kappa shape index (κ2) is 11.2. The molecule has 4 aromatic rings. The minimum Gasteiger partial charge on any atom is -0.382 e. The highest BCUT2D eigenvalue weighted by Crippen LogP contribution is 2.36. The fourth-order valence-corrected chi connectivity index (χ4v) is 5.05. The molecule has 1 aliphatic rings. The first kappa shape index (κ1) is 28.0. The van der Waals surface area contributed by atoms with E-state index >= 15 is 4.39 Å². The van der Waals surface area contributed by atoms with Crippen LogP contribution in [0.25, 0.3) is 16.6 Å². The zero-order valence-electron chi connectivity index (χ0n) is 21.1. The second-order valence-electron chi connectivity index (χ2n) is 9.26. The third-order valence-corrected chi connectivity index (χ3v) is 7.48. The highest BCUT2D eigenvalue weighted by Gasteiger charge is 2.31. The van der Waals surface area contributed by atoms with Gasteiger partial charge in [0, 0.05) is 28.8 Å². The number of morpholine rings is 1. The van der Waals surface area contributed by atoms with Gasteiger partial charge in [-0.3, -0.25) is 4.90 Å². The van der Waals surface area contributed by atoms with Crippen molar-refractivity contribution >= 4 is 51.3 Å². The maximum Gasteiger partial charge on any atom is 0.416 e. The van der Waals surface area contributed by atoms with Crippen LogP contribution in [0.15, 0.2) is 42.7 Å². The zero-order valence-corrected chi connectivity index (χ0v) is 23.3. The molecule has 2 amide bonds. The number of hydrogen-bond acceptors (Lipinski definition) is 6. The first-order chi connectivity index (χ1) is 19.0. The van der Waals surface area contributed by atoms with Crippen molar-refractivity contribution in [3.8, 4) is 11.1 Å². The number of aryl methyl sites for hydroxylation is 1. The van der Waals surface area contributed by atoms with E-state index in [2.05, 4.69) is 25.6 Å². The molecule has 2 aromatic carbocycles. The summed E-state index contributed by atoms with van der Waals surface area (Å²) in [5.74, 6) is -0.505. The fourth-order valence-electron chi connectivity index (χ4n) is 4.58. The van der Waals surface area contributed by atoms with E-state index in [0.717, 1.165) is 30.9 Å². The number of amides is 2. The number of urea groups is 1. The van der Waals surface area contributed by atoms with Gasteiger partial charge in [0.05, 0.1) is 35.8 Å². The molecule has 0 radical (unpaired) electrons. The molecule has 210 valence electrons. The van der Waals surface area contributed by atoms with Gasteiger partial charge in [-0.25, -0.2) is 18.7 Å². The second-order valence-corrected chi connectivity index (χ2v) is 10.4. The number of nitrogens with one attached hydrogen (secondary N) is 2. The SMILES string of the molecule is Cc1cc(NC(=O)Nc2cc(C(F)(F)F)ccc2I)c(F)cc1-c1cc(CN2CCOCC2)n2ncnc(N)c12. The van der Waals surface area contributed by atoms with Crippen molar-refractivity contribution in [2.45, 2.75) is 19.6 Å². The maximum absolute atomic E-state index is 15.3. The Bertz CT molecular complexity index is 1590. The highest BCUT2D eigenvalue weighted by molar-refractivity contribution is 14.1. The first-order valence-corrected chi connectivity index (χ1v) is 13.3. The number of nitrogen functional groups attached to an aromatic ring is 1. The Morgan fingerprint density at radius 2 is 1.82 bits per heavy atom. The lowest BCUT2D eigenvalue weighted by Gasteiger charge is -2.26. The number of halogens is 5. The largest absolute Gasteiger partial charge is 0.416 e. The molecule has 0 aliphatic carbocycles. The number of hydrogen-bond donors (Lipinski definition) is 3. The summed E-state index contributed by atoms with van der Waals surface area (Å²) in [7, 11) is 0. The zero-order chi connectivity index (χ0) is 28.6. The lowest BCUT2D eigenvalue weighted by molar-refractivity contribution is -0.137. The Morgan fingerprint density at radius 3 is 2.55 bits per heavy atom. The average Bonchev–Trinajstić information content (AvgIpc) is 3.26. The van der Waals surface area contributed by atoms with E-state index in [-0.39, 0.29) is 17.2 Å². The normalized spacial score (nSPS) is 14.4. The van der Waals surface area contributed by atoms with Gasteiger partial charge in [0.1, 0.15) is 17.7 Å². The summed E-state index contributed by atoms with van der Waals surface area (Å²) in [5.41, 5.74) is 8.28. The molecular weight excluding hydrogens is 645 g/mol. The third kappa shape index (κ3) is 5.83. The van der Waals surface area contributed by atoms with E-state index in [1.165, 1.54) is 24.5 Å². The van der Waals surface area contributed by atoms with E-state index < -0.39 is 23.6 Å². The van der Waals surface area contributed by atoms with Crippen molar-refractivity contribution in [2.75, 3.05) is 42.7 Å². The molecule has 3 heterocycles. The van der Waals surface area contributed by atoms with Crippen LogP contribution in [-0.4, -0.2) is 51.8 Å². The van der Waals surface area contributed by atoms with Crippen molar-refractivity contribution in [1.29, 1.82) is 0 Å². The third-order valence-electron chi connectivity index (χ3n) is 6.54. The molecular formula is C26H24F4IN7O2. The van der Waals surface area contributed by atoms with Gasteiger partial charge in [0.25, 0.3) is 0 Å². The number of aromatic nitrogens is 3. The van der Waals surface area contributed by atoms with Gasteiger partial charge < -0.3 is 21.1 Å². The molecule has 2 aromatic heterocycles. The Balaban J connectivity index is 1.43. The molecule has 1 fully saturated rings. The number of nitrogens with zero attached hydrogens (tertiary/aromatic N) is 4. The topological polar surface area (TPSA) is 110 Å². The van der Waals surface area contributed by atoms with Gasteiger partial charge in [-0.2, -0.15) is 18.3 Å². The number of benzene rings is 2. The molecule has 0 saturated carbocycles. The Hall–Kier alpha value is -3.50. The minimum atomic E-state index is -4.57. The van der Waals surface area contributed by atoms with Gasteiger partial charge in [0.15, 0.2) is 5.82 Å². The summed E-state index contributed by atoms with van der Waals surface area (Å²) in [6.07, 6.45) is -3.21. The molecule has 40 heavy (non-hydrogen) atoms. The Labute approximate surface area is 239 Å². The van der Waals surface area contributed by atoms with E-state index in [4.69, 9.17) is 10.5 Å². The van der Waals surface area contributed by atoms with Crippen molar-refractivity contribution in [3.63, 3.8) is 0 Å². The lowest BCUT2D eigenvalue weighted by Crippen LogP contribution is -2.36. The van der Waals surface area contributed by atoms with Crippen molar-refractivity contribution in [2.24, 2.45) is 0 Å². The summed E-state index contributed by atoms with van der Waals surface area (Å²) in [4.78, 5) is 18.9. The molecule has 14 heteroatoms. The van der Waals surface area contributed by atoms with Gasteiger partial charge in [-0.05, 0) is 77.0 Å². The predicted molar refractivity (Wildman–Crippen MR) is 150 cm³/mol. The summed E-state index contributed by atoms with van der Waals surface area (Å²) in [6, 6.07) is 6.72. The quantitative estimate of drug-likeness (QED) is 0.191. The lowest BCUT2D eigenvalue weighted by atomic mass is 10.00. The number of alkyl halides is 3. The van der Waals surface area contributed by atoms with E-state index in [0.29, 0.717) is 45.5 Å². The minimum absolute atomic E-state index is 0.0507. The Morgan fingerprint density at radius 1 is 1.10 bits per heavy atom. The van der Waals surface area contributed by atoms with Crippen LogP contribution in [0, 0.1) is 16.3 Å². The predicted octanol–water partition coefficient (Wildman–Crippen LogP) is 5.53. The first-order valence-electron chi connectivity index (χ1n) is 12.2. The monoisotopic (exact) mass is 669 g/mol. The van der Waals surface area contributed by atoms with Gasteiger partial charge in [-0.1, -0.05) is 0 Å². The number of ether oxygens (including phenoxy) is 1. The number of rotatable bonds is 5. The summed E-state index contributed by atoms with van der Waals surface area (Å²) < 4.78 is 62.1. The number of anilines is 3. The molecule has 1 aliphatic heterocycles. The van der Waals surface area contributed by atoms with Crippen LogP contribution in [0.3, 0.4) is 0 Å². The van der Waals surface area contributed by atoms with Gasteiger partial charge >= 0.3 is 12.2 Å². The van der Waals surface area contributed by atoms with E-state index in [1.54, 1.807) is 34.0 Å². The molecule has 1 saturated heterocycles. The van der Waals surface area contributed by atoms with Gasteiger partial charge in [0.2, 0.25) is 0 Å². The smallest absolute Gasteiger partial charge is 0.382 e. The van der Waals surface area contributed by atoms with Crippen LogP contribution in [0.2, 0.25) is 0 Å². The number of carbonyl (C=O) groups excluding carboxylic acids is 1. The Kier molecular flexibility index (Phi) is 7.83. The summed E-state index contributed by atoms with van der Waals surface area (Å²) in [6.45, 7) is 5.12. The van der Waals surface area contributed by atoms with Crippen LogP contribution < -0.4 is 16.4 Å². The molecule has 0 unspecified atom stereocenters. The van der Waals surface area contributed by atoms with E-state index in [9.17, 15) is 18.0 Å². The maximum atomic E-state index is 15.3. The van der Waals surface area contributed by atoms with Crippen LogP contribution in [0.5, 0.6) is 0 Å². The van der Waals surface area contributed by atoms with Crippen molar-refractivity contribution in [3.05, 3.63) is 68.9 Å². The number of fused-ring (bicyclic) bond motifs is 1. The summed E-state index contributed by atoms with van der Waals surface area (Å²) in [5, 5.41) is 9.12. The standard InChI is InChI=1S/C26H24F4IN7O2/c1-14-8-21(35-25(39)36-22-9-15(26(28,29)30)2-3-20(22)31)19(27)11-17(14)18-10-16(12-37-4-6-40-7-5-37)38-23(18)24(32)33-13-34-38/h2-3,8-11,13H,4-7,12H2,1H3,(H2,32,33,34)(H2,35,36,39). The van der Waals surface area contributed by atoms with E-state index in [1.807, 2.05) is 6.07 Å². The highest BCUT2D eigenvalue weighted by atomic mass is 127. The average molecular weight is 669 g/mol. The fraction of sp³-hybridized carbons (Fsp3) is 0.269. The van der Waals surface area contributed by atoms with Crippen molar-refractivity contribution in [1.82, 2.24) is 19.5 Å². The van der Waals surface area contributed by atoms with Crippen LogP contribution in [-0.2, 0) is 17.5 Å². The number of carbonyl (C=O) groups is 1.